The van der Waals surface area contributed by atoms with Crippen LogP contribution in [-0.2, 0) is 0 Å². The number of pyridine rings is 2. The van der Waals surface area contributed by atoms with Crippen LogP contribution in [0.4, 0.5) is 14.5 Å². The first-order valence-electron chi connectivity index (χ1n) is 10.8. The highest BCUT2D eigenvalue weighted by Crippen LogP contribution is 2.39. The van der Waals surface area contributed by atoms with Gasteiger partial charge in [-0.05, 0) is 54.4 Å². The predicted molar refractivity (Wildman–Crippen MR) is 134 cm³/mol. The molecule has 0 atom stereocenters. The Morgan fingerprint density at radius 2 is 1.84 bits per heavy atom. The third-order valence-electron chi connectivity index (χ3n) is 5.55. The van der Waals surface area contributed by atoms with E-state index in [0.29, 0.717) is 51.8 Å². The molecule has 37 heavy (non-hydrogen) atoms. The fourth-order valence-electron chi connectivity index (χ4n) is 3.69. The van der Waals surface area contributed by atoms with Crippen LogP contribution in [0.15, 0.2) is 67.0 Å². The van der Waals surface area contributed by atoms with Crippen LogP contribution in [0.2, 0.25) is 5.02 Å². The van der Waals surface area contributed by atoms with Crippen molar-refractivity contribution in [1.82, 2.24) is 9.97 Å². The van der Waals surface area contributed by atoms with Crippen LogP contribution in [0, 0.1) is 6.92 Å². The molecule has 2 aromatic heterocycles. The van der Waals surface area contributed by atoms with Gasteiger partial charge in [0.2, 0.25) is 0 Å². The number of carbonyl (C=O) groups is 3. The van der Waals surface area contributed by atoms with Gasteiger partial charge in [-0.1, -0.05) is 29.8 Å². The average Bonchev–Trinajstić information content (AvgIpc) is 2.90. The van der Waals surface area contributed by atoms with E-state index >= 15 is 0 Å². The molecule has 0 fully saturated rings. The number of nitrogens with zero attached hydrogens (tertiary/aromatic N) is 2. The van der Waals surface area contributed by atoms with E-state index in [0.717, 1.165) is 0 Å². The van der Waals surface area contributed by atoms with Gasteiger partial charge in [-0.2, -0.15) is 8.78 Å². The maximum Gasteiger partial charge on any atom is 0.387 e. The van der Waals surface area contributed by atoms with E-state index in [2.05, 4.69) is 20.0 Å². The zero-order valence-corrected chi connectivity index (χ0v) is 20.0. The number of halogens is 3. The Morgan fingerprint density at radius 3 is 2.51 bits per heavy atom. The molecule has 0 saturated carbocycles. The Bertz CT molecular complexity index is 1490. The van der Waals surface area contributed by atoms with Crippen LogP contribution >= 0.6 is 11.6 Å². The molecule has 1 amide bonds. The third kappa shape index (κ3) is 5.52. The number of anilines is 1. The minimum atomic E-state index is -3.11. The van der Waals surface area contributed by atoms with Crippen molar-refractivity contribution in [1.29, 1.82) is 0 Å². The number of benzene rings is 2. The molecule has 4 aromatic rings. The van der Waals surface area contributed by atoms with Crippen LogP contribution < -0.4 is 10.1 Å². The smallest absolute Gasteiger partial charge is 0.387 e. The molecular formula is C27H18ClF2N3O4. The van der Waals surface area contributed by atoms with Gasteiger partial charge in [-0.3, -0.25) is 24.4 Å². The summed E-state index contributed by atoms with van der Waals surface area (Å²) in [6.07, 6.45) is 3.88. The zero-order valence-electron chi connectivity index (χ0n) is 19.2. The van der Waals surface area contributed by atoms with Gasteiger partial charge in [0.05, 0.1) is 16.3 Å². The Morgan fingerprint density at radius 1 is 1.03 bits per heavy atom. The number of aromatic nitrogens is 2. The van der Waals surface area contributed by atoms with Gasteiger partial charge >= 0.3 is 6.61 Å². The number of aldehydes is 2. The molecule has 2 aromatic carbocycles. The number of nitrogens with one attached hydrogen (secondary N) is 1. The molecule has 0 unspecified atom stereocenters. The summed E-state index contributed by atoms with van der Waals surface area (Å²) in [7, 11) is 0. The molecule has 0 saturated heterocycles. The predicted octanol–water partition coefficient (Wildman–Crippen LogP) is 6.25. The molecule has 4 rings (SSSR count). The molecule has 0 aliphatic rings. The standard InChI is InChI=1S/C27H18ClF2N3O4/c1-15-19(3-2-4-21(15)33-26(36)22-8-5-16(13-34)12-32-22)20-9-10-31-25(24(20)28)17-6-7-18(14-35)23(11-17)37-27(29)30/h2-14,27H,1H3,(H,33,36). The molecule has 10 heteroatoms. The topological polar surface area (TPSA) is 98.3 Å². The largest absolute Gasteiger partial charge is 0.434 e. The lowest BCUT2D eigenvalue weighted by atomic mass is 9.97. The van der Waals surface area contributed by atoms with Crippen LogP contribution in [0.3, 0.4) is 0 Å². The summed E-state index contributed by atoms with van der Waals surface area (Å²) in [4.78, 5) is 43.0. The summed E-state index contributed by atoms with van der Waals surface area (Å²) in [5.41, 5.74) is 3.63. The number of hydrogen-bond acceptors (Lipinski definition) is 6. The fraction of sp³-hybridized carbons (Fsp3) is 0.0741. The lowest BCUT2D eigenvalue weighted by molar-refractivity contribution is -0.0500. The highest BCUT2D eigenvalue weighted by molar-refractivity contribution is 6.35. The number of amides is 1. The minimum absolute atomic E-state index is 0.0362. The maximum atomic E-state index is 12.8. The van der Waals surface area contributed by atoms with Gasteiger partial charge in [-0.25, -0.2) is 0 Å². The van der Waals surface area contributed by atoms with Crippen molar-refractivity contribution in [2.24, 2.45) is 0 Å². The molecule has 186 valence electrons. The fourth-order valence-corrected chi connectivity index (χ4v) is 4.01. The van der Waals surface area contributed by atoms with Crippen molar-refractivity contribution in [3.05, 3.63) is 94.4 Å². The number of carbonyl (C=O) groups excluding carboxylic acids is 3. The number of rotatable bonds is 8. The summed E-state index contributed by atoms with van der Waals surface area (Å²) in [6.45, 7) is -1.31. The first-order valence-corrected chi connectivity index (χ1v) is 11.2. The maximum absolute atomic E-state index is 12.8. The lowest BCUT2D eigenvalue weighted by Gasteiger charge is -2.15. The highest BCUT2D eigenvalue weighted by atomic mass is 35.5. The second-order valence-corrected chi connectivity index (χ2v) is 8.17. The quantitative estimate of drug-likeness (QED) is 0.275. The monoisotopic (exact) mass is 521 g/mol. The summed E-state index contributed by atoms with van der Waals surface area (Å²) in [6, 6.07) is 14.1. The Hall–Kier alpha value is -4.50. The first kappa shape index (κ1) is 25.6. The summed E-state index contributed by atoms with van der Waals surface area (Å²) >= 11 is 6.72. The van der Waals surface area contributed by atoms with Crippen molar-refractivity contribution in [3.63, 3.8) is 0 Å². The normalized spacial score (nSPS) is 10.7. The van der Waals surface area contributed by atoms with E-state index in [1.807, 2.05) is 6.07 Å². The number of ether oxygens (including phenoxy) is 1. The third-order valence-corrected chi connectivity index (χ3v) is 5.93. The molecule has 1 N–H and O–H groups in total. The highest BCUT2D eigenvalue weighted by Gasteiger charge is 2.18. The SMILES string of the molecule is Cc1c(NC(=O)c2ccc(C=O)cn2)cccc1-c1ccnc(-c2ccc(C=O)c(OC(F)F)c2)c1Cl. The van der Waals surface area contributed by atoms with Crippen molar-refractivity contribution in [3.8, 4) is 28.1 Å². The van der Waals surface area contributed by atoms with E-state index in [4.69, 9.17) is 11.6 Å². The van der Waals surface area contributed by atoms with E-state index in [1.54, 1.807) is 25.1 Å². The minimum Gasteiger partial charge on any atom is -0.434 e. The zero-order chi connectivity index (χ0) is 26.5. The van der Waals surface area contributed by atoms with Crippen LogP contribution in [0.25, 0.3) is 22.4 Å². The van der Waals surface area contributed by atoms with Gasteiger partial charge in [-0.15, -0.1) is 0 Å². The van der Waals surface area contributed by atoms with Crippen molar-refractivity contribution in [2.45, 2.75) is 13.5 Å². The molecule has 0 aliphatic heterocycles. The van der Waals surface area contributed by atoms with Crippen molar-refractivity contribution in [2.75, 3.05) is 5.32 Å². The van der Waals surface area contributed by atoms with Crippen LogP contribution in [-0.4, -0.2) is 35.1 Å². The average molecular weight is 522 g/mol. The molecule has 0 spiro atoms. The van der Waals surface area contributed by atoms with Gasteiger partial charge in [0.1, 0.15) is 11.4 Å². The van der Waals surface area contributed by atoms with E-state index in [-0.39, 0.29) is 22.0 Å². The van der Waals surface area contributed by atoms with Gasteiger partial charge in [0.15, 0.2) is 12.6 Å². The van der Waals surface area contributed by atoms with E-state index in [1.165, 1.54) is 42.7 Å². The number of alkyl halides is 2. The van der Waals surface area contributed by atoms with Crippen molar-refractivity contribution >= 4 is 35.8 Å². The molecule has 7 nitrogen and oxygen atoms in total. The lowest BCUT2D eigenvalue weighted by Crippen LogP contribution is -2.14. The van der Waals surface area contributed by atoms with Gasteiger partial charge in [0, 0.05) is 34.8 Å². The van der Waals surface area contributed by atoms with Crippen LogP contribution in [0.5, 0.6) is 5.75 Å². The number of hydrogen-bond donors (Lipinski definition) is 1. The second-order valence-electron chi connectivity index (χ2n) is 7.80. The van der Waals surface area contributed by atoms with E-state index in [9.17, 15) is 23.2 Å². The molecule has 0 aliphatic carbocycles. The Balaban J connectivity index is 1.69. The van der Waals surface area contributed by atoms with Crippen LogP contribution in [0.1, 0.15) is 36.8 Å². The molecule has 2 heterocycles. The van der Waals surface area contributed by atoms with Gasteiger partial charge in [0.25, 0.3) is 5.91 Å². The summed E-state index contributed by atoms with van der Waals surface area (Å²) in [5, 5.41) is 3.05. The van der Waals surface area contributed by atoms with Gasteiger partial charge < -0.3 is 10.1 Å². The Labute approximate surface area is 215 Å². The summed E-state index contributed by atoms with van der Waals surface area (Å²) < 4.78 is 30.1. The molecular weight excluding hydrogens is 504 g/mol. The van der Waals surface area contributed by atoms with E-state index < -0.39 is 12.5 Å². The van der Waals surface area contributed by atoms with Crippen molar-refractivity contribution < 1.29 is 27.9 Å². The first-order chi connectivity index (χ1) is 17.8. The summed E-state index contributed by atoms with van der Waals surface area (Å²) in [5.74, 6) is -0.748. The molecule has 0 radical (unpaired) electrons. The second kappa shape index (κ2) is 11.0. The Kier molecular flexibility index (Phi) is 7.64. The molecule has 0 bridgehead atoms.